The fourth-order valence-electron chi connectivity index (χ4n) is 4.90. The molecule has 2 aliphatic rings. The van der Waals surface area contributed by atoms with Crippen molar-refractivity contribution in [2.45, 2.75) is 51.9 Å². The number of ether oxygens (including phenoxy) is 1. The molecule has 1 amide bonds. The standard InChI is InChI=1S/C29H34ClFN2O3/c1-19(34)33-28-25(30)17-22(18-26(28)31)23-8-4-9-24(29(23)35)27-16-21(6-2-3-15-36-27)11-10-20-7-5-13-32-14-12-20/h4,6,8-9,16-18,20,32,35H,2-3,5,7,10-15H2,1H3,(H,33,34)/b21-6+,27-16-. The molecule has 0 spiro atoms. The van der Waals surface area contributed by atoms with Crippen molar-refractivity contribution in [1.29, 1.82) is 0 Å². The number of halogens is 2. The van der Waals surface area contributed by atoms with Crippen molar-refractivity contribution in [2.75, 3.05) is 25.0 Å². The van der Waals surface area contributed by atoms with Crippen molar-refractivity contribution in [3.05, 3.63) is 64.5 Å². The van der Waals surface area contributed by atoms with Crippen LogP contribution >= 0.6 is 11.6 Å². The van der Waals surface area contributed by atoms with Gasteiger partial charge in [-0.25, -0.2) is 4.39 Å². The van der Waals surface area contributed by atoms with Gasteiger partial charge < -0.3 is 20.5 Å². The Morgan fingerprint density at radius 2 is 2.06 bits per heavy atom. The number of nitrogens with one attached hydrogen (secondary N) is 2. The number of phenolic OH excluding ortho intramolecular Hbond substituents is 1. The second-order valence-corrected chi connectivity index (χ2v) is 9.97. The van der Waals surface area contributed by atoms with E-state index in [0.29, 0.717) is 29.1 Å². The van der Waals surface area contributed by atoms with Gasteiger partial charge in [0, 0.05) is 12.5 Å². The summed E-state index contributed by atoms with van der Waals surface area (Å²) >= 11 is 6.25. The molecule has 192 valence electrons. The topological polar surface area (TPSA) is 70.6 Å². The molecule has 2 aromatic carbocycles. The number of hydrogen-bond donors (Lipinski definition) is 3. The summed E-state index contributed by atoms with van der Waals surface area (Å²) in [6.45, 7) is 4.04. The van der Waals surface area contributed by atoms with Gasteiger partial charge in [-0.2, -0.15) is 0 Å². The van der Waals surface area contributed by atoms with Gasteiger partial charge in [-0.3, -0.25) is 4.79 Å². The summed E-state index contributed by atoms with van der Waals surface area (Å²) in [5.41, 5.74) is 2.55. The largest absolute Gasteiger partial charge is 0.507 e. The third-order valence-corrected chi connectivity index (χ3v) is 7.12. The van der Waals surface area contributed by atoms with Crippen LogP contribution in [0.25, 0.3) is 16.9 Å². The number of phenols is 1. The molecular weight excluding hydrogens is 479 g/mol. The highest BCUT2D eigenvalue weighted by molar-refractivity contribution is 6.34. The summed E-state index contributed by atoms with van der Waals surface area (Å²) in [4.78, 5) is 11.4. The van der Waals surface area contributed by atoms with Crippen LogP contribution in [0.15, 0.2) is 48.1 Å². The van der Waals surface area contributed by atoms with E-state index in [-0.39, 0.29) is 16.5 Å². The van der Waals surface area contributed by atoms with E-state index in [1.165, 1.54) is 43.9 Å². The minimum absolute atomic E-state index is 0.00117. The van der Waals surface area contributed by atoms with Crippen LogP contribution in [-0.4, -0.2) is 30.7 Å². The molecule has 4 rings (SSSR count). The second kappa shape index (κ2) is 12.4. The molecule has 36 heavy (non-hydrogen) atoms. The number of amides is 1. The average Bonchev–Trinajstić information content (AvgIpc) is 3.10. The van der Waals surface area contributed by atoms with E-state index in [4.69, 9.17) is 16.3 Å². The molecule has 0 radical (unpaired) electrons. The first kappa shape index (κ1) is 26.2. The van der Waals surface area contributed by atoms with Crippen LogP contribution < -0.4 is 10.6 Å². The number of carbonyl (C=O) groups is 1. The lowest BCUT2D eigenvalue weighted by Gasteiger charge is -2.19. The normalized spacial score (nSPS) is 21.6. The Bertz CT molecular complexity index is 1130. The SMILES string of the molecule is CC(=O)Nc1c(F)cc(-c2cccc(/C3=C/C(CCC4CCCNCC4)=C/CCCO3)c2O)cc1Cl. The summed E-state index contributed by atoms with van der Waals surface area (Å²) in [5, 5.41) is 17.2. The summed E-state index contributed by atoms with van der Waals surface area (Å²) in [6, 6.07) is 8.13. The molecule has 1 fully saturated rings. The summed E-state index contributed by atoms with van der Waals surface area (Å²) in [5.74, 6) is 0.255. The van der Waals surface area contributed by atoms with Crippen LogP contribution in [-0.2, 0) is 9.53 Å². The van der Waals surface area contributed by atoms with Crippen molar-refractivity contribution >= 4 is 29.0 Å². The van der Waals surface area contributed by atoms with Gasteiger partial charge in [0.2, 0.25) is 5.91 Å². The Labute approximate surface area is 217 Å². The van der Waals surface area contributed by atoms with E-state index in [1.54, 1.807) is 6.07 Å². The summed E-state index contributed by atoms with van der Waals surface area (Å²) < 4.78 is 20.8. The Hall–Kier alpha value is -2.83. The minimum atomic E-state index is -0.669. The minimum Gasteiger partial charge on any atom is -0.507 e. The number of rotatable bonds is 6. The number of hydrogen-bond acceptors (Lipinski definition) is 4. The first-order valence-corrected chi connectivity index (χ1v) is 13.1. The van der Waals surface area contributed by atoms with E-state index < -0.39 is 11.7 Å². The van der Waals surface area contributed by atoms with Crippen LogP contribution in [0.2, 0.25) is 5.02 Å². The lowest BCUT2D eigenvalue weighted by atomic mass is 9.92. The first-order valence-electron chi connectivity index (χ1n) is 12.8. The Kier molecular flexibility index (Phi) is 9.05. The van der Waals surface area contributed by atoms with E-state index in [0.717, 1.165) is 44.7 Å². The molecule has 1 unspecified atom stereocenters. The van der Waals surface area contributed by atoms with Gasteiger partial charge in [-0.15, -0.1) is 0 Å². The van der Waals surface area contributed by atoms with Crippen molar-refractivity contribution in [1.82, 2.24) is 5.32 Å². The fourth-order valence-corrected chi connectivity index (χ4v) is 5.16. The highest BCUT2D eigenvalue weighted by Crippen LogP contribution is 2.40. The zero-order valence-electron chi connectivity index (χ0n) is 20.7. The van der Waals surface area contributed by atoms with Crippen LogP contribution in [0.3, 0.4) is 0 Å². The lowest BCUT2D eigenvalue weighted by Crippen LogP contribution is -2.14. The molecule has 2 aromatic rings. The fraction of sp³-hybridized carbons (Fsp3) is 0.414. The maximum atomic E-state index is 14.7. The number of allylic oxidation sites excluding steroid dienone is 3. The number of para-hydroxylation sites is 1. The zero-order valence-corrected chi connectivity index (χ0v) is 21.5. The predicted octanol–water partition coefficient (Wildman–Crippen LogP) is 7.06. The number of carbonyl (C=O) groups excluding carboxylic acids is 1. The molecule has 3 N–H and O–H groups in total. The van der Waals surface area contributed by atoms with Crippen molar-refractivity contribution in [3.8, 4) is 16.9 Å². The van der Waals surface area contributed by atoms with Crippen LogP contribution in [0.5, 0.6) is 5.75 Å². The molecule has 0 aromatic heterocycles. The van der Waals surface area contributed by atoms with E-state index in [9.17, 15) is 14.3 Å². The monoisotopic (exact) mass is 512 g/mol. The maximum absolute atomic E-state index is 14.7. The summed E-state index contributed by atoms with van der Waals surface area (Å²) in [6.07, 6.45) is 12.0. The summed E-state index contributed by atoms with van der Waals surface area (Å²) in [7, 11) is 0. The van der Waals surface area contributed by atoms with E-state index >= 15 is 0 Å². The van der Waals surface area contributed by atoms with E-state index in [2.05, 4.69) is 16.7 Å². The Balaban J connectivity index is 1.61. The van der Waals surface area contributed by atoms with Gasteiger partial charge >= 0.3 is 0 Å². The van der Waals surface area contributed by atoms with Gasteiger partial charge in [0.25, 0.3) is 0 Å². The van der Waals surface area contributed by atoms with Crippen LogP contribution in [0, 0.1) is 11.7 Å². The van der Waals surface area contributed by atoms with Crippen molar-refractivity contribution < 1.29 is 19.0 Å². The number of benzene rings is 2. The molecule has 5 nitrogen and oxygen atoms in total. The van der Waals surface area contributed by atoms with Crippen LogP contribution in [0.1, 0.15) is 57.4 Å². The molecule has 1 atom stereocenters. The quantitative estimate of drug-likeness (QED) is 0.387. The molecule has 0 saturated carbocycles. The Morgan fingerprint density at radius 3 is 2.86 bits per heavy atom. The Morgan fingerprint density at radius 1 is 1.22 bits per heavy atom. The number of anilines is 1. The smallest absolute Gasteiger partial charge is 0.221 e. The molecule has 1 saturated heterocycles. The lowest BCUT2D eigenvalue weighted by molar-refractivity contribution is -0.114. The molecule has 2 heterocycles. The van der Waals surface area contributed by atoms with Gasteiger partial charge in [0.15, 0.2) is 0 Å². The zero-order chi connectivity index (χ0) is 25.5. The second-order valence-electron chi connectivity index (χ2n) is 9.56. The predicted molar refractivity (Wildman–Crippen MR) is 144 cm³/mol. The molecular formula is C29H34ClFN2O3. The third kappa shape index (κ3) is 6.68. The third-order valence-electron chi connectivity index (χ3n) is 6.82. The maximum Gasteiger partial charge on any atom is 0.221 e. The number of aromatic hydroxyl groups is 1. The van der Waals surface area contributed by atoms with Gasteiger partial charge in [0.1, 0.15) is 17.3 Å². The molecule has 0 aliphatic carbocycles. The molecule has 2 aliphatic heterocycles. The first-order chi connectivity index (χ1) is 17.4. The van der Waals surface area contributed by atoms with Gasteiger partial charge in [0.05, 0.1) is 22.9 Å². The van der Waals surface area contributed by atoms with Gasteiger partial charge in [-0.05, 0) is 99.4 Å². The van der Waals surface area contributed by atoms with Gasteiger partial charge in [-0.1, -0.05) is 29.8 Å². The van der Waals surface area contributed by atoms with E-state index in [1.807, 2.05) is 18.2 Å². The highest BCUT2D eigenvalue weighted by Gasteiger charge is 2.19. The van der Waals surface area contributed by atoms with Crippen molar-refractivity contribution in [3.63, 3.8) is 0 Å². The average molecular weight is 513 g/mol. The highest BCUT2D eigenvalue weighted by atomic mass is 35.5. The molecule has 0 bridgehead atoms. The van der Waals surface area contributed by atoms with Crippen molar-refractivity contribution in [2.24, 2.45) is 5.92 Å². The molecule has 7 heteroatoms. The van der Waals surface area contributed by atoms with Crippen LogP contribution in [0.4, 0.5) is 10.1 Å².